The standard InChI is InChI=1S/C20H26N4O2/c1-14-21-18-5-3-2-4-17(18)20(26)24(14)12-15-8-10-23(11-9-15)13-19(25)22-16-6-7-16/h2-5,15-16H,6-13H2,1H3,(H,22,25). The number of benzene rings is 1. The summed E-state index contributed by atoms with van der Waals surface area (Å²) in [6, 6.07) is 7.96. The third-order valence-corrected chi connectivity index (χ3v) is 5.51. The second-order valence-corrected chi connectivity index (χ2v) is 7.65. The fourth-order valence-corrected chi connectivity index (χ4v) is 3.78. The molecule has 0 spiro atoms. The Kier molecular flexibility index (Phi) is 4.76. The Hall–Kier alpha value is -2.21. The van der Waals surface area contributed by atoms with Crippen molar-refractivity contribution in [1.82, 2.24) is 19.8 Å². The molecular weight excluding hydrogens is 328 g/mol. The molecule has 1 aliphatic heterocycles. The predicted octanol–water partition coefficient (Wildman–Crippen LogP) is 1.70. The molecule has 1 saturated heterocycles. The minimum absolute atomic E-state index is 0.0549. The van der Waals surface area contributed by atoms with Crippen molar-refractivity contribution in [2.45, 2.75) is 45.2 Å². The minimum Gasteiger partial charge on any atom is -0.352 e. The van der Waals surface area contributed by atoms with Crippen molar-refractivity contribution in [2.24, 2.45) is 5.92 Å². The Labute approximate surface area is 153 Å². The van der Waals surface area contributed by atoms with E-state index < -0.39 is 0 Å². The van der Waals surface area contributed by atoms with Gasteiger partial charge in [-0.1, -0.05) is 12.1 Å². The van der Waals surface area contributed by atoms with Crippen LogP contribution in [0.2, 0.25) is 0 Å². The van der Waals surface area contributed by atoms with Crippen molar-refractivity contribution < 1.29 is 4.79 Å². The van der Waals surface area contributed by atoms with Crippen LogP contribution in [0.3, 0.4) is 0 Å². The van der Waals surface area contributed by atoms with E-state index in [1.54, 1.807) is 0 Å². The molecule has 4 rings (SSSR count). The summed E-state index contributed by atoms with van der Waals surface area (Å²) in [5.74, 6) is 1.38. The molecule has 2 aliphatic rings. The number of fused-ring (bicyclic) bond motifs is 1. The average Bonchev–Trinajstić information content (AvgIpc) is 3.44. The SMILES string of the molecule is Cc1nc2ccccc2c(=O)n1CC1CCN(CC(=O)NC2CC2)CC1. The number of carbonyl (C=O) groups is 1. The van der Waals surface area contributed by atoms with Crippen LogP contribution in [0.4, 0.5) is 0 Å². The quantitative estimate of drug-likeness (QED) is 0.887. The van der Waals surface area contributed by atoms with Crippen LogP contribution in [0.5, 0.6) is 0 Å². The van der Waals surface area contributed by atoms with Gasteiger partial charge in [-0.15, -0.1) is 0 Å². The summed E-state index contributed by atoms with van der Waals surface area (Å²) >= 11 is 0. The van der Waals surface area contributed by atoms with Gasteiger partial charge in [0.15, 0.2) is 0 Å². The third-order valence-electron chi connectivity index (χ3n) is 5.51. The highest BCUT2D eigenvalue weighted by Gasteiger charge is 2.26. The zero-order valence-corrected chi connectivity index (χ0v) is 15.3. The van der Waals surface area contributed by atoms with Crippen LogP contribution < -0.4 is 10.9 Å². The van der Waals surface area contributed by atoms with E-state index in [0.717, 1.165) is 50.1 Å². The average molecular weight is 354 g/mol. The summed E-state index contributed by atoms with van der Waals surface area (Å²) in [5.41, 5.74) is 0.821. The number of aryl methyl sites for hydroxylation is 1. The normalized spacial score (nSPS) is 19.0. The molecule has 2 heterocycles. The number of para-hydroxylation sites is 1. The van der Waals surface area contributed by atoms with Crippen molar-refractivity contribution in [2.75, 3.05) is 19.6 Å². The van der Waals surface area contributed by atoms with Gasteiger partial charge in [0.1, 0.15) is 5.82 Å². The van der Waals surface area contributed by atoms with Gasteiger partial charge in [-0.3, -0.25) is 19.1 Å². The summed E-state index contributed by atoms with van der Waals surface area (Å²) in [4.78, 5) is 31.6. The molecule has 6 nitrogen and oxygen atoms in total. The topological polar surface area (TPSA) is 67.2 Å². The number of hydrogen-bond donors (Lipinski definition) is 1. The van der Waals surface area contributed by atoms with Crippen molar-refractivity contribution in [3.05, 3.63) is 40.4 Å². The molecule has 1 aromatic heterocycles. The highest BCUT2D eigenvalue weighted by Crippen LogP contribution is 2.21. The molecule has 1 aromatic carbocycles. The fraction of sp³-hybridized carbons (Fsp3) is 0.550. The van der Waals surface area contributed by atoms with Gasteiger partial charge < -0.3 is 5.32 Å². The molecule has 0 unspecified atom stereocenters. The van der Waals surface area contributed by atoms with E-state index >= 15 is 0 Å². The van der Waals surface area contributed by atoms with E-state index in [9.17, 15) is 9.59 Å². The van der Waals surface area contributed by atoms with Crippen LogP contribution in [0.25, 0.3) is 10.9 Å². The van der Waals surface area contributed by atoms with Gasteiger partial charge in [-0.25, -0.2) is 4.98 Å². The van der Waals surface area contributed by atoms with E-state index in [4.69, 9.17) is 0 Å². The number of piperidine rings is 1. The lowest BCUT2D eigenvalue weighted by Gasteiger charge is -2.32. The third kappa shape index (κ3) is 3.80. The minimum atomic E-state index is 0.0549. The van der Waals surface area contributed by atoms with Gasteiger partial charge >= 0.3 is 0 Å². The largest absolute Gasteiger partial charge is 0.352 e. The second-order valence-electron chi connectivity index (χ2n) is 7.65. The number of hydrogen-bond acceptors (Lipinski definition) is 4. The molecule has 1 N–H and O–H groups in total. The Morgan fingerprint density at radius 2 is 1.92 bits per heavy atom. The maximum absolute atomic E-state index is 12.8. The van der Waals surface area contributed by atoms with E-state index in [1.807, 2.05) is 35.8 Å². The summed E-state index contributed by atoms with van der Waals surface area (Å²) in [5, 5.41) is 3.74. The van der Waals surface area contributed by atoms with Crippen molar-refractivity contribution in [3.8, 4) is 0 Å². The number of nitrogens with one attached hydrogen (secondary N) is 1. The fourth-order valence-electron chi connectivity index (χ4n) is 3.78. The lowest BCUT2D eigenvalue weighted by molar-refractivity contribution is -0.122. The van der Waals surface area contributed by atoms with E-state index in [0.29, 0.717) is 30.4 Å². The maximum atomic E-state index is 12.8. The molecule has 2 aromatic rings. The number of nitrogens with zero attached hydrogens (tertiary/aromatic N) is 3. The van der Waals surface area contributed by atoms with Gasteiger partial charge in [0.2, 0.25) is 5.91 Å². The molecule has 1 saturated carbocycles. The number of likely N-dealkylation sites (tertiary alicyclic amines) is 1. The van der Waals surface area contributed by atoms with Crippen LogP contribution in [0, 0.1) is 12.8 Å². The lowest BCUT2D eigenvalue weighted by Crippen LogP contribution is -2.43. The van der Waals surface area contributed by atoms with Crippen LogP contribution in [0.1, 0.15) is 31.5 Å². The summed E-state index contributed by atoms with van der Waals surface area (Å²) in [6.07, 6.45) is 4.27. The first kappa shape index (κ1) is 17.2. The molecule has 0 bridgehead atoms. The number of amides is 1. The molecule has 6 heteroatoms. The molecule has 0 atom stereocenters. The van der Waals surface area contributed by atoms with E-state index in [2.05, 4.69) is 15.2 Å². The molecular formula is C20H26N4O2. The van der Waals surface area contributed by atoms with Crippen LogP contribution >= 0.6 is 0 Å². The molecule has 1 aliphatic carbocycles. The zero-order valence-electron chi connectivity index (χ0n) is 15.3. The molecule has 1 amide bonds. The van der Waals surface area contributed by atoms with Gasteiger partial charge in [-0.05, 0) is 63.7 Å². The first-order valence-electron chi connectivity index (χ1n) is 9.58. The number of rotatable bonds is 5. The van der Waals surface area contributed by atoms with Gasteiger partial charge in [0, 0.05) is 12.6 Å². The summed E-state index contributed by atoms with van der Waals surface area (Å²) in [7, 11) is 0. The van der Waals surface area contributed by atoms with Crippen LogP contribution in [0.15, 0.2) is 29.1 Å². The molecule has 0 radical (unpaired) electrons. The first-order chi connectivity index (χ1) is 12.6. The van der Waals surface area contributed by atoms with Crippen LogP contribution in [-0.4, -0.2) is 46.0 Å². The van der Waals surface area contributed by atoms with Crippen molar-refractivity contribution in [3.63, 3.8) is 0 Å². The Morgan fingerprint density at radius 1 is 1.19 bits per heavy atom. The lowest BCUT2D eigenvalue weighted by atomic mass is 9.96. The second kappa shape index (κ2) is 7.19. The highest BCUT2D eigenvalue weighted by atomic mass is 16.2. The predicted molar refractivity (Wildman–Crippen MR) is 101 cm³/mol. The first-order valence-corrected chi connectivity index (χ1v) is 9.58. The highest BCUT2D eigenvalue weighted by molar-refractivity contribution is 5.78. The Morgan fingerprint density at radius 3 is 2.65 bits per heavy atom. The number of carbonyl (C=O) groups excluding carboxylic acids is 1. The molecule has 2 fully saturated rings. The maximum Gasteiger partial charge on any atom is 0.261 e. The molecule has 26 heavy (non-hydrogen) atoms. The van der Waals surface area contributed by atoms with E-state index in [-0.39, 0.29) is 11.5 Å². The summed E-state index contributed by atoms with van der Waals surface area (Å²) in [6.45, 7) is 4.95. The Bertz CT molecular complexity index is 864. The van der Waals surface area contributed by atoms with E-state index in [1.165, 1.54) is 0 Å². The number of aromatic nitrogens is 2. The summed E-state index contributed by atoms with van der Waals surface area (Å²) < 4.78 is 1.82. The van der Waals surface area contributed by atoms with Crippen LogP contribution in [-0.2, 0) is 11.3 Å². The Balaban J connectivity index is 1.37. The van der Waals surface area contributed by atoms with Gasteiger partial charge in [0.05, 0.1) is 17.4 Å². The molecule has 138 valence electrons. The smallest absolute Gasteiger partial charge is 0.261 e. The van der Waals surface area contributed by atoms with Crippen molar-refractivity contribution >= 4 is 16.8 Å². The van der Waals surface area contributed by atoms with Crippen molar-refractivity contribution in [1.29, 1.82) is 0 Å². The monoisotopic (exact) mass is 354 g/mol. The van der Waals surface area contributed by atoms with Gasteiger partial charge in [0.25, 0.3) is 5.56 Å². The van der Waals surface area contributed by atoms with Gasteiger partial charge in [-0.2, -0.15) is 0 Å². The zero-order chi connectivity index (χ0) is 18.1.